The van der Waals surface area contributed by atoms with Gasteiger partial charge in [0.05, 0.1) is 12.6 Å². The van der Waals surface area contributed by atoms with Gasteiger partial charge in [0.1, 0.15) is 0 Å². The molecule has 1 rings (SSSR count). The summed E-state index contributed by atoms with van der Waals surface area (Å²) < 4.78 is 0. The highest BCUT2D eigenvalue weighted by molar-refractivity contribution is 4.78. The van der Waals surface area contributed by atoms with Gasteiger partial charge < -0.3 is 5.32 Å². The van der Waals surface area contributed by atoms with Gasteiger partial charge in [-0.25, -0.2) is 0 Å². The van der Waals surface area contributed by atoms with Crippen LogP contribution in [0.15, 0.2) is 0 Å². The minimum absolute atomic E-state index is 0.503. The van der Waals surface area contributed by atoms with Gasteiger partial charge in [-0.15, -0.1) is 0 Å². The molecule has 1 aliphatic carbocycles. The number of nitriles is 1. The molecule has 1 N–H and O–H groups in total. The van der Waals surface area contributed by atoms with Gasteiger partial charge in [0.15, 0.2) is 0 Å². The Morgan fingerprint density at radius 1 is 1.42 bits per heavy atom. The molecule has 68 valence electrons. The number of hydrogen-bond donors (Lipinski definition) is 1. The third-order valence-corrected chi connectivity index (χ3v) is 2.90. The Labute approximate surface area is 75.0 Å². The summed E-state index contributed by atoms with van der Waals surface area (Å²) in [5.74, 6) is 1.66. The third kappa shape index (κ3) is 2.83. The number of nitrogens with zero attached hydrogens (tertiary/aromatic N) is 1. The molecule has 0 spiro atoms. The van der Waals surface area contributed by atoms with Crippen LogP contribution in [0.4, 0.5) is 0 Å². The molecule has 2 heteroatoms. The Balaban J connectivity index is 2.16. The van der Waals surface area contributed by atoms with Gasteiger partial charge in [0.25, 0.3) is 0 Å². The summed E-state index contributed by atoms with van der Waals surface area (Å²) in [7, 11) is 0. The zero-order valence-corrected chi connectivity index (χ0v) is 7.84. The Bertz CT molecular complexity index is 160. The second-order valence-corrected chi connectivity index (χ2v) is 3.81. The van der Waals surface area contributed by atoms with E-state index in [-0.39, 0.29) is 0 Å². The van der Waals surface area contributed by atoms with Crippen molar-refractivity contribution in [2.45, 2.75) is 32.6 Å². The first kappa shape index (κ1) is 9.54. The standard InChI is InChI=1S/C10H18N2/c1-9-4-2-3-5-10(9)8-12-7-6-11/h9-10,12H,2-5,7-8H2,1H3. The Kier molecular flexibility index (Phi) is 4.10. The molecule has 2 nitrogen and oxygen atoms in total. The summed E-state index contributed by atoms with van der Waals surface area (Å²) in [6.07, 6.45) is 5.50. The summed E-state index contributed by atoms with van der Waals surface area (Å²) in [5.41, 5.74) is 0. The number of hydrogen-bond acceptors (Lipinski definition) is 2. The van der Waals surface area contributed by atoms with Crippen molar-refractivity contribution in [3.8, 4) is 6.07 Å². The summed E-state index contributed by atoms with van der Waals surface area (Å²) in [4.78, 5) is 0. The van der Waals surface area contributed by atoms with Crippen LogP contribution in [0.3, 0.4) is 0 Å². The zero-order chi connectivity index (χ0) is 8.81. The van der Waals surface area contributed by atoms with Crippen molar-refractivity contribution in [2.75, 3.05) is 13.1 Å². The topological polar surface area (TPSA) is 35.8 Å². The van der Waals surface area contributed by atoms with Gasteiger partial charge in [0.2, 0.25) is 0 Å². The third-order valence-electron chi connectivity index (χ3n) is 2.90. The maximum Gasteiger partial charge on any atom is 0.0841 e. The van der Waals surface area contributed by atoms with E-state index in [1.165, 1.54) is 25.7 Å². The maximum atomic E-state index is 8.35. The molecule has 0 aliphatic heterocycles. The van der Waals surface area contributed by atoms with Crippen LogP contribution in [0, 0.1) is 23.2 Å². The Morgan fingerprint density at radius 3 is 2.83 bits per heavy atom. The summed E-state index contributed by atoms with van der Waals surface area (Å²) in [6, 6.07) is 2.11. The van der Waals surface area contributed by atoms with Crippen LogP contribution < -0.4 is 5.32 Å². The molecule has 2 atom stereocenters. The highest BCUT2D eigenvalue weighted by atomic mass is 14.9. The van der Waals surface area contributed by atoms with Crippen molar-refractivity contribution in [3.63, 3.8) is 0 Å². The van der Waals surface area contributed by atoms with Gasteiger partial charge in [0, 0.05) is 0 Å². The van der Waals surface area contributed by atoms with E-state index in [2.05, 4.69) is 18.3 Å². The van der Waals surface area contributed by atoms with E-state index in [9.17, 15) is 0 Å². The number of nitrogens with one attached hydrogen (secondary N) is 1. The summed E-state index contributed by atoms with van der Waals surface area (Å²) in [6.45, 7) is 3.87. The molecule has 0 heterocycles. The van der Waals surface area contributed by atoms with Crippen LogP contribution in [0.25, 0.3) is 0 Å². The first-order valence-corrected chi connectivity index (χ1v) is 4.92. The molecule has 0 saturated heterocycles. The van der Waals surface area contributed by atoms with Crippen LogP contribution >= 0.6 is 0 Å². The van der Waals surface area contributed by atoms with Crippen LogP contribution in [-0.4, -0.2) is 13.1 Å². The largest absolute Gasteiger partial charge is 0.304 e. The second-order valence-electron chi connectivity index (χ2n) is 3.81. The van der Waals surface area contributed by atoms with E-state index in [0.29, 0.717) is 6.54 Å². The molecule has 1 saturated carbocycles. The average Bonchev–Trinajstić information content (AvgIpc) is 2.09. The fourth-order valence-electron chi connectivity index (χ4n) is 2.01. The molecule has 2 unspecified atom stereocenters. The maximum absolute atomic E-state index is 8.35. The Morgan fingerprint density at radius 2 is 2.17 bits per heavy atom. The van der Waals surface area contributed by atoms with Gasteiger partial charge in [-0.3, -0.25) is 0 Å². The Hall–Kier alpha value is -0.550. The van der Waals surface area contributed by atoms with E-state index >= 15 is 0 Å². The first-order valence-electron chi connectivity index (χ1n) is 4.92. The number of rotatable bonds is 3. The van der Waals surface area contributed by atoms with Crippen molar-refractivity contribution in [1.29, 1.82) is 5.26 Å². The van der Waals surface area contributed by atoms with E-state index < -0.39 is 0 Å². The smallest absolute Gasteiger partial charge is 0.0841 e. The molecular formula is C10H18N2. The molecule has 0 aromatic heterocycles. The van der Waals surface area contributed by atoms with E-state index in [1.807, 2.05) is 0 Å². The normalized spacial score (nSPS) is 29.7. The van der Waals surface area contributed by atoms with E-state index in [1.54, 1.807) is 0 Å². The second kappa shape index (κ2) is 5.16. The summed E-state index contributed by atoms with van der Waals surface area (Å²) in [5, 5.41) is 11.5. The van der Waals surface area contributed by atoms with Crippen molar-refractivity contribution < 1.29 is 0 Å². The molecule has 1 fully saturated rings. The van der Waals surface area contributed by atoms with Gasteiger partial charge in [-0.05, 0) is 24.8 Å². The minimum atomic E-state index is 0.503. The lowest BCUT2D eigenvalue weighted by Crippen LogP contribution is -2.29. The predicted molar refractivity (Wildman–Crippen MR) is 49.6 cm³/mol. The van der Waals surface area contributed by atoms with Gasteiger partial charge >= 0.3 is 0 Å². The quantitative estimate of drug-likeness (QED) is 0.513. The van der Waals surface area contributed by atoms with Crippen LogP contribution in [0.5, 0.6) is 0 Å². The highest BCUT2D eigenvalue weighted by Gasteiger charge is 2.20. The molecule has 0 aromatic carbocycles. The van der Waals surface area contributed by atoms with Gasteiger partial charge in [-0.2, -0.15) is 5.26 Å². The monoisotopic (exact) mass is 166 g/mol. The van der Waals surface area contributed by atoms with Crippen molar-refractivity contribution in [2.24, 2.45) is 11.8 Å². The SMILES string of the molecule is CC1CCCCC1CNCC#N. The van der Waals surface area contributed by atoms with Crippen LogP contribution in [-0.2, 0) is 0 Å². The fraction of sp³-hybridized carbons (Fsp3) is 0.900. The van der Waals surface area contributed by atoms with Crippen molar-refractivity contribution >= 4 is 0 Å². The van der Waals surface area contributed by atoms with Gasteiger partial charge in [-0.1, -0.05) is 26.2 Å². The van der Waals surface area contributed by atoms with E-state index in [0.717, 1.165) is 18.4 Å². The zero-order valence-electron chi connectivity index (χ0n) is 7.84. The lowest BCUT2D eigenvalue weighted by atomic mass is 9.80. The summed E-state index contributed by atoms with van der Waals surface area (Å²) >= 11 is 0. The molecule has 0 amide bonds. The van der Waals surface area contributed by atoms with E-state index in [4.69, 9.17) is 5.26 Å². The van der Waals surface area contributed by atoms with Crippen LogP contribution in [0.2, 0.25) is 0 Å². The fourth-order valence-corrected chi connectivity index (χ4v) is 2.01. The first-order chi connectivity index (χ1) is 5.84. The minimum Gasteiger partial charge on any atom is -0.304 e. The molecule has 0 radical (unpaired) electrons. The molecule has 0 bridgehead atoms. The molecule has 1 aliphatic rings. The highest BCUT2D eigenvalue weighted by Crippen LogP contribution is 2.28. The molecule has 0 aromatic rings. The average molecular weight is 166 g/mol. The lowest BCUT2D eigenvalue weighted by molar-refractivity contribution is 0.250. The molecular weight excluding hydrogens is 148 g/mol. The van der Waals surface area contributed by atoms with Crippen LogP contribution in [0.1, 0.15) is 32.6 Å². The predicted octanol–water partition coefficient (Wildman–Crippen LogP) is 1.93. The lowest BCUT2D eigenvalue weighted by Gasteiger charge is -2.28. The van der Waals surface area contributed by atoms with Crippen molar-refractivity contribution in [3.05, 3.63) is 0 Å². The molecule has 12 heavy (non-hydrogen) atoms. The van der Waals surface area contributed by atoms with Crippen molar-refractivity contribution in [1.82, 2.24) is 5.32 Å².